The predicted molar refractivity (Wildman–Crippen MR) is 85.6 cm³/mol. The van der Waals surface area contributed by atoms with Crippen molar-refractivity contribution in [1.82, 2.24) is 0 Å². The van der Waals surface area contributed by atoms with Crippen molar-refractivity contribution in [2.45, 2.75) is 40.0 Å². The van der Waals surface area contributed by atoms with Crippen LogP contribution in [0.1, 0.15) is 40.0 Å². The third-order valence-electron chi connectivity index (χ3n) is 3.58. The van der Waals surface area contributed by atoms with E-state index in [9.17, 15) is 4.79 Å². The Kier molecular flexibility index (Phi) is 4.59. The van der Waals surface area contributed by atoms with Gasteiger partial charge in [0.1, 0.15) is 0 Å². The number of piperidine rings is 1. The third-order valence-corrected chi connectivity index (χ3v) is 3.89. The van der Waals surface area contributed by atoms with Crippen molar-refractivity contribution in [2.75, 3.05) is 23.3 Å². The molecule has 0 saturated carbocycles. The van der Waals surface area contributed by atoms with Crippen molar-refractivity contribution in [3.63, 3.8) is 0 Å². The van der Waals surface area contributed by atoms with Crippen LogP contribution in [0.2, 0.25) is 5.02 Å². The van der Waals surface area contributed by atoms with E-state index in [1.165, 1.54) is 19.3 Å². The number of anilines is 2. The summed E-state index contributed by atoms with van der Waals surface area (Å²) in [6.07, 6.45) is 3.74. The molecule has 0 unspecified atom stereocenters. The van der Waals surface area contributed by atoms with E-state index in [2.05, 4.69) is 10.2 Å². The Morgan fingerprint density at radius 3 is 2.40 bits per heavy atom. The van der Waals surface area contributed by atoms with Crippen molar-refractivity contribution in [1.29, 1.82) is 0 Å². The first-order valence-electron chi connectivity index (χ1n) is 7.24. The minimum Gasteiger partial charge on any atom is -0.370 e. The number of nitrogens with zero attached hydrogens (tertiary/aromatic N) is 1. The molecule has 1 aromatic rings. The molecule has 1 fully saturated rings. The van der Waals surface area contributed by atoms with Crippen LogP contribution in [0.5, 0.6) is 0 Å². The van der Waals surface area contributed by atoms with E-state index in [-0.39, 0.29) is 5.91 Å². The highest BCUT2D eigenvalue weighted by molar-refractivity contribution is 6.33. The Morgan fingerprint density at radius 1 is 1.20 bits per heavy atom. The Morgan fingerprint density at radius 2 is 1.85 bits per heavy atom. The van der Waals surface area contributed by atoms with Crippen LogP contribution in [-0.4, -0.2) is 19.0 Å². The summed E-state index contributed by atoms with van der Waals surface area (Å²) in [6, 6.07) is 5.78. The molecule has 0 spiro atoms. The van der Waals surface area contributed by atoms with E-state index >= 15 is 0 Å². The van der Waals surface area contributed by atoms with Gasteiger partial charge in [-0.05, 0) is 37.5 Å². The highest BCUT2D eigenvalue weighted by Gasteiger charge is 2.21. The molecule has 3 nitrogen and oxygen atoms in total. The summed E-state index contributed by atoms with van der Waals surface area (Å²) in [6.45, 7) is 7.81. The Balaban J connectivity index is 2.11. The number of benzene rings is 1. The van der Waals surface area contributed by atoms with Gasteiger partial charge in [-0.3, -0.25) is 4.79 Å². The Bertz CT molecular complexity index is 488. The lowest BCUT2D eigenvalue weighted by molar-refractivity contribution is -0.123. The second-order valence-corrected chi connectivity index (χ2v) is 6.83. The van der Waals surface area contributed by atoms with E-state index in [0.29, 0.717) is 5.02 Å². The maximum atomic E-state index is 12.0. The van der Waals surface area contributed by atoms with Crippen molar-refractivity contribution in [3.8, 4) is 0 Å². The van der Waals surface area contributed by atoms with Gasteiger partial charge in [-0.1, -0.05) is 32.4 Å². The van der Waals surface area contributed by atoms with Crippen LogP contribution in [0.15, 0.2) is 18.2 Å². The zero-order valence-electron chi connectivity index (χ0n) is 12.5. The van der Waals surface area contributed by atoms with Crippen molar-refractivity contribution in [2.24, 2.45) is 5.41 Å². The van der Waals surface area contributed by atoms with Gasteiger partial charge in [0.15, 0.2) is 0 Å². The molecule has 0 atom stereocenters. The zero-order valence-corrected chi connectivity index (χ0v) is 13.3. The molecule has 1 saturated heterocycles. The molecule has 0 bridgehead atoms. The van der Waals surface area contributed by atoms with Crippen LogP contribution in [0.3, 0.4) is 0 Å². The SMILES string of the molecule is CC(C)(C)C(=O)Nc1ccc(N2CCCCC2)c(Cl)c1. The van der Waals surface area contributed by atoms with Gasteiger partial charge in [-0.15, -0.1) is 0 Å². The average molecular weight is 295 g/mol. The number of carbonyl (C=O) groups excluding carboxylic acids is 1. The number of amides is 1. The largest absolute Gasteiger partial charge is 0.370 e. The molecule has 20 heavy (non-hydrogen) atoms. The molecule has 2 rings (SSSR count). The normalized spacial score (nSPS) is 16.1. The van der Waals surface area contributed by atoms with Crippen molar-refractivity contribution < 1.29 is 4.79 Å². The van der Waals surface area contributed by atoms with Crippen LogP contribution in [0.25, 0.3) is 0 Å². The average Bonchev–Trinajstić information content (AvgIpc) is 2.38. The highest BCUT2D eigenvalue weighted by atomic mass is 35.5. The third kappa shape index (κ3) is 3.66. The summed E-state index contributed by atoms with van der Waals surface area (Å²) in [5, 5.41) is 3.62. The van der Waals surface area contributed by atoms with Crippen LogP contribution in [0, 0.1) is 5.41 Å². The smallest absolute Gasteiger partial charge is 0.229 e. The standard InChI is InChI=1S/C16H23ClN2O/c1-16(2,3)15(20)18-12-7-8-14(13(17)11-12)19-9-5-4-6-10-19/h7-8,11H,4-6,9-10H2,1-3H3,(H,18,20). The van der Waals surface area contributed by atoms with Crippen LogP contribution >= 0.6 is 11.6 Å². The van der Waals surface area contributed by atoms with Crippen LogP contribution in [0.4, 0.5) is 11.4 Å². The van der Waals surface area contributed by atoms with Crippen molar-refractivity contribution >= 4 is 28.9 Å². The summed E-state index contributed by atoms with van der Waals surface area (Å²) < 4.78 is 0. The van der Waals surface area contributed by atoms with Gasteiger partial charge in [-0.2, -0.15) is 0 Å². The minimum absolute atomic E-state index is 0.000658. The van der Waals surface area contributed by atoms with Gasteiger partial charge in [0.25, 0.3) is 0 Å². The fourth-order valence-electron chi connectivity index (χ4n) is 2.29. The van der Waals surface area contributed by atoms with Gasteiger partial charge >= 0.3 is 0 Å². The van der Waals surface area contributed by atoms with Crippen molar-refractivity contribution in [3.05, 3.63) is 23.2 Å². The second kappa shape index (κ2) is 6.04. The van der Waals surface area contributed by atoms with E-state index < -0.39 is 5.41 Å². The van der Waals surface area contributed by atoms with Crippen LogP contribution < -0.4 is 10.2 Å². The minimum atomic E-state index is -0.405. The highest BCUT2D eigenvalue weighted by Crippen LogP contribution is 2.31. The fourth-order valence-corrected chi connectivity index (χ4v) is 2.59. The number of nitrogens with one attached hydrogen (secondary N) is 1. The van der Waals surface area contributed by atoms with Gasteiger partial charge in [0.2, 0.25) is 5.91 Å². The molecule has 0 radical (unpaired) electrons. The van der Waals surface area contributed by atoms with E-state index in [1.54, 1.807) is 0 Å². The molecule has 0 aliphatic carbocycles. The molecule has 1 aliphatic heterocycles. The van der Waals surface area contributed by atoms with Gasteiger partial charge in [-0.25, -0.2) is 0 Å². The second-order valence-electron chi connectivity index (χ2n) is 6.42. The summed E-state index contributed by atoms with van der Waals surface area (Å²) in [5.41, 5.74) is 1.42. The first-order chi connectivity index (χ1) is 9.38. The molecule has 1 N–H and O–H groups in total. The molecule has 1 amide bonds. The lowest BCUT2D eigenvalue weighted by atomic mass is 9.95. The molecule has 1 aliphatic rings. The summed E-state index contributed by atoms with van der Waals surface area (Å²) in [7, 11) is 0. The van der Waals surface area contributed by atoms with Gasteiger partial charge < -0.3 is 10.2 Å². The molecule has 1 heterocycles. The van der Waals surface area contributed by atoms with E-state index in [4.69, 9.17) is 11.6 Å². The van der Waals surface area contributed by atoms with Gasteiger partial charge in [0, 0.05) is 24.2 Å². The quantitative estimate of drug-likeness (QED) is 0.881. The Hall–Kier alpha value is -1.22. The van der Waals surface area contributed by atoms with Gasteiger partial charge in [0.05, 0.1) is 10.7 Å². The number of halogens is 1. The van der Waals surface area contributed by atoms with E-state index in [1.807, 2.05) is 39.0 Å². The molecule has 1 aromatic carbocycles. The molecule has 110 valence electrons. The first kappa shape index (κ1) is 15.2. The molecule has 0 aromatic heterocycles. The Labute approximate surface area is 126 Å². The number of hydrogen-bond donors (Lipinski definition) is 1. The predicted octanol–water partition coefficient (Wildman–Crippen LogP) is 4.31. The topological polar surface area (TPSA) is 32.3 Å². The maximum Gasteiger partial charge on any atom is 0.229 e. The fraction of sp³-hybridized carbons (Fsp3) is 0.562. The molecular weight excluding hydrogens is 272 g/mol. The summed E-state index contributed by atoms with van der Waals surface area (Å²) >= 11 is 6.37. The summed E-state index contributed by atoms with van der Waals surface area (Å²) in [5.74, 6) is -0.000658. The number of hydrogen-bond acceptors (Lipinski definition) is 2. The lowest BCUT2D eigenvalue weighted by Crippen LogP contribution is -2.30. The van der Waals surface area contributed by atoms with Crippen LogP contribution in [-0.2, 0) is 4.79 Å². The zero-order chi connectivity index (χ0) is 14.8. The monoisotopic (exact) mass is 294 g/mol. The first-order valence-corrected chi connectivity index (χ1v) is 7.62. The number of carbonyl (C=O) groups is 1. The lowest BCUT2D eigenvalue weighted by Gasteiger charge is -2.29. The maximum absolute atomic E-state index is 12.0. The summed E-state index contributed by atoms with van der Waals surface area (Å²) in [4.78, 5) is 14.3. The molecular formula is C16H23ClN2O. The molecule has 4 heteroatoms. The number of rotatable bonds is 2. The van der Waals surface area contributed by atoms with E-state index in [0.717, 1.165) is 24.5 Å².